The lowest BCUT2D eigenvalue weighted by atomic mass is 10.0. The molecule has 3 aromatic carbocycles. The van der Waals surface area contributed by atoms with Crippen molar-refractivity contribution in [3.05, 3.63) is 88.0 Å². The maximum Gasteiger partial charge on any atom is 0.346 e. The molecule has 0 spiro atoms. The molecule has 34 heavy (non-hydrogen) atoms. The van der Waals surface area contributed by atoms with E-state index >= 15 is 0 Å². The number of aryl methyl sites for hydroxylation is 1. The van der Waals surface area contributed by atoms with E-state index in [0.29, 0.717) is 11.3 Å². The van der Waals surface area contributed by atoms with Crippen LogP contribution in [0.25, 0.3) is 11.1 Å². The lowest BCUT2D eigenvalue weighted by Gasteiger charge is -2.24. The molecule has 2 aliphatic rings. The molecule has 0 aliphatic carbocycles. The van der Waals surface area contributed by atoms with E-state index in [1.165, 1.54) is 6.07 Å². The van der Waals surface area contributed by atoms with Crippen molar-refractivity contribution in [2.24, 2.45) is 0 Å². The summed E-state index contributed by atoms with van der Waals surface area (Å²) >= 11 is 0. The Morgan fingerprint density at radius 1 is 0.971 bits per heavy atom. The number of nitro groups is 1. The summed E-state index contributed by atoms with van der Waals surface area (Å²) in [7, 11) is -3.02. The molecule has 2 fully saturated rings. The predicted molar refractivity (Wildman–Crippen MR) is 130 cm³/mol. The normalized spacial score (nSPS) is 16.8. The van der Waals surface area contributed by atoms with Gasteiger partial charge in [0.2, 0.25) is 5.75 Å². The lowest BCUT2D eigenvalue weighted by Crippen LogP contribution is -2.10. The van der Waals surface area contributed by atoms with Crippen molar-refractivity contribution in [3.63, 3.8) is 0 Å². The molecule has 5 rings (SSSR count). The fourth-order valence-corrected chi connectivity index (χ4v) is 6.26. The summed E-state index contributed by atoms with van der Waals surface area (Å²) in [5.41, 5.74) is 3.85. The second kappa shape index (κ2) is 8.96. The van der Waals surface area contributed by atoms with E-state index in [1.54, 1.807) is 24.3 Å². The largest absolute Gasteiger partial charge is 0.450 e. The van der Waals surface area contributed by atoms with Crippen LogP contribution < -0.4 is 4.74 Å². The van der Waals surface area contributed by atoms with Gasteiger partial charge in [0.05, 0.1) is 11.0 Å². The first-order valence-electron chi connectivity index (χ1n) is 11.3. The molecule has 9 heteroatoms. The number of benzene rings is 3. The van der Waals surface area contributed by atoms with Crippen molar-refractivity contribution in [2.75, 3.05) is 26.2 Å². The molecule has 8 nitrogen and oxygen atoms in total. The van der Waals surface area contributed by atoms with Crippen LogP contribution in [0.1, 0.15) is 24.2 Å². The highest BCUT2D eigenvalue weighted by molar-refractivity contribution is 7.54. The van der Waals surface area contributed by atoms with Crippen molar-refractivity contribution < 1.29 is 18.7 Å². The van der Waals surface area contributed by atoms with Crippen LogP contribution in [0.15, 0.2) is 66.7 Å². The molecule has 0 amide bonds. The van der Waals surface area contributed by atoms with Crippen LogP contribution in [-0.2, 0) is 9.09 Å². The number of nitro benzene ring substituents is 1. The van der Waals surface area contributed by atoms with Crippen LogP contribution in [0.5, 0.6) is 11.5 Å². The number of hydrogen-bond acceptors (Lipinski definition) is 5. The maximum atomic E-state index is 13.3. The molecule has 2 heterocycles. The van der Waals surface area contributed by atoms with Crippen LogP contribution in [0.2, 0.25) is 0 Å². The Morgan fingerprint density at radius 3 is 2.21 bits per heavy atom. The predicted octanol–water partition coefficient (Wildman–Crippen LogP) is 6.18. The Bertz CT molecular complexity index is 1260. The van der Waals surface area contributed by atoms with Crippen LogP contribution in [0, 0.1) is 17.0 Å². The van der Waals surface area contributed by atoms with E-state index in [1.807, 2.05) is 40.5 Å². The number of rotatable bonds is 9. The summed E-state index contributed by atoms with van der Waals surface area (Å²) in [6.07, 6.45) is -0.515. The minimum atomic E-state index is -3.02. The van der Waals surface area contributed by atoms with E-state index in [9.17, 15) is 14.7 Å². The van der Waals surface area contributed by atoms with Crippen molar-refractivity contribution >= 4 is 13.4 Å². The van der Waals surface area contributed by atoms with Gasteiger partial charge in [0.15, 0.2) is 0 Å². The van der Waals surface area contributed by atoms with E-state index in [4.69, 9.17) is 9.26 Å². The number of ether oxygens (including phenoxy) is 1. The lowest BCUT2D eigenvalue weighted by molar-refractivity contribution is -0.385. The zero-order chi connectivity index (χ0) is 23.9. The third-order valence-electron chi connectivity index (χ3n) is 6.05. The molecule has 2 saturated heterocycles. The van der Waals surface area contributed by atoms with E-state index in [2.05, 4.69) is 19.1 Å². The fraction of sp³-hybridized carbons (Fsp3) is 0.280. The topological polar surface area (TPSA) is 84.7 Å². The molecule has 176 valence electrons. The van der Waals surface area contributed by atoms with Gasteiger partial charge in [-0.15, -0.1) is 0 Å². The highest BCUT2D eigenvalue weighted by atomic mass is 31.2. The zero-order valence-corrected chi connectivity index (χ0v) is 20.0. The monoisotopic (exact) mass is 479 g/mol. The van der Waals surface area contributed by atoms with Crippen molar-refractivity contribution in [3.8, 4) is 22.6 Å². The van der Waals surface area contributed by atoms with Gasteiger partial charge in [-0.1, -0.05) is 36.4 Å². The molecule has 3 aromatic rings. The summed E-state index contributed by atoms with van der Waals surface area (Å²) < 4.78 is 29.0. The first kappa shape index (κ1) is 22.7. The van der Waals surface area contributed by atoms with Gasteiger partial charge in [-0.3, -0.25) is 19.2 Å². The molecule has 1 atom stereocenters. The van der Waals surface area contributed by atoms with Crippen LogP contribution in [0.4, 0.5) is 5.69 Å². The van der Waals surface area contributed by atoms with Crippen molar-refractivity contribution in [1.82, 2.24) is 9.34 Å². The fourth-order valence-electron chi connectivity index (χ4n) is 3.92. The molecular formula is C25H26N3O5P. The number of nitrogens with zero attached hydrogens (tertiary/aromatic N) is 3. The van der Waals surface area contributed by atoms with Gasteiger partial charge in [0.1, 0.15) is 5.75 Å². The molecule has 1 unspecified atom stereocenters. The van der Waals surface area contributed by atoms with E-state index in [-0.39, 0.29) is 11.4 Å². The number of hydrogen-bond donors (Lipinski definition) is 0. The SMILES string of the molecule is Cc1ccccc1-c1ccc(Oc2cc(C(C)OP(=O)(N3CC3)N3CC3)ccc2[N+](=O)[O-])cc1. The average molecular weight is 479 g/mol. The second-order valence-electron chi connectivity index (χ2n) is 8.57. The Hall–Kier alpha value is -3.03. The maximum absolute atomic E-state index is 13.3. The third kappa shape index (κ3) is 4.63. The van der Waals surface area contributed by atoms with Crippen LogP contribution >= 0.6 is 7.67 Å². The van der Waals surface area contributed by atoms with Crippen molar-refractivity contribution in [1.29, 1.82) is 0 Å². The first-order valence-corrected chi connectivity index (χ1v) is 12.8. The molecule has 0 aromatic heterocycles. The standard InChI is InChI=1S/C25H26N3O5P/c1-18-5-3-4-6-23(18)20-7-10-22(11-8-20)32-25-17-21(9-12-24(25)28(29)30)19(2)33-34(31,26-13-14-26)27-15-16-27/h3-12,17,19H,13-16H2,1-2H3. The molecule has 2 aliphatic heterocycles. The van der Waals surface area contributed by atoms with Crippen LogP contribution in [-0.4, -0.2) is 40.4 Å². The smallest absolute Gasteiger partial charge is 0.346 e. The Labute approximate surface area is 198 Å². The molecule has 0 bridgehead atoms. The molecule has 0 N–H and O–H groups in total. The van der Waals surface area contributed by atoms with Gasteiger partial charge in [-0.05, 0) is 60.4 Å². The summed E-state index contributed by atoms with van der Waals surface area (Å²) in [6.45, 7) is 6.89. The molecule has 0 saturated carbocycles. The van der Waals surface area contributed by atoms with Gasteiger partial charge in [-0.2, -0.15) is 0 Å². The Balaban J connectivity index is 1.38. The van der Waals surface area contributed by atoms with Crippen molar-refractivity contribution in [2.45, 2.75) is 20.0 Å². The summed E-state index contributed by atoms with van der Waals surface area (Å²) in [5, 5.41) is 11.6. The summed E-state index contributed by atoms with van der Waals surface area (Å²) in [4.78, 5) is 11.2. The minimum Gasteiger partial charge on any atom is -0.450 e. The highest BCUT2D eigenvalue weighted by Crippen LogP contribution is 2.63. The van der Waals surface area contributed by atoms with Crippen LogP contribution in [0.3, 0.4) is 0 Å². The summed E-state index contributed by atoms with van der Waals surface area (Å²) in [5.74, 6) is 0.611. The van der Waals surface area contributed by atoms with Gasteiger partial charge >= 0.3 is 13.4 Å². The van der Waals surface area contributed by atoms with E-state index in [0.717, 1.165) is 42.9 Å². The minimum absolute atomic E-state index is 0.120. The quantitative estimate of drug-likeness (QED) is 0.157. The molecular weight excluding hydrogens is 453 g/mol. The van der Waals surface area contributed by atoms with Gasteiger partial charge in [-0.25, -0.2) is 9.34 Å². The third-order valence-corrected chi connectivity index (χ3v) is 8.87. The highest BCUT2D eigenvalue weighted by Gasteiger charge is 2.50. The summed E-state index contributed by atoms with van der Waals surface area (Å²) in [6, 6.07) is 20.2. The van der Waals surface area contributed by atoms with Gasteiger partial charge < -0.3 is 4.74 Å². The Morgan fingerprint density at radius 2 is 1.62 bits per heavy atom. The average Bonchev–Trinajstić information content (AvgIpc) is 3.72. The molecule has 0 radical (unpaired) electrons. The van der Waals surface area contributed by atoms with Gasteiger partial charge in [0, 0.05) is 32.2 Å². The van der Waals surface area contributed by atoms with Gasteiger partial charge in [0.25, 0.3) is 0 Å². The Kier molecular flexibility index (Phi) is 6.00. The second-order valence-corrected chi connectivity index (χ2v) is 10.9. The first-order chi connectivity index (χ1) is 16.3. The van der Waals surface area contributed by atoms with E-state index < -0.39 is 18.7 Å². The zero-order valence-electron chi connectivity index (χ0n) is 19.1.